The third-order valence-corrected chi connectivity index (χ3v) is 6.18. The minimum absolute atomic E-state index is 0. The molecule has 3 aromatic rings. The SMILES string of the molecule is [Rh].c1ccc(CP(Cc2ccccc2)Cc2ccccc2)cc1. The quantitative estimate of drug-likeness (QED) is 0.344. The third kappa shape index (κ3) is 6.02. The Kier molecular flexibility index (Phi) is 7.67. The summed E-state index contributed by atoms with van der Waals surface area (Å²) in [5.74, 6) is 0. The molecule has 0 atom stereocenters. The van der Waals surface area contributed by atoms with E-state index < -0.39 is 0 Å². The molecule has 3 rings (SSSR count). The standard InChI is InChI=1S/C21H21P.Rh/c1-4-10-19(11-5-1)16-22(17-20-12-6-2-7-13-20)18-21-14-8-3-9-15-21;/h1-15H,16-18H2;. The Morgan fingerprint density at radius 2 is 0.696 bits per heavy atom. The molecule has 0 aliphatic carbocycles. The van der Waals surface area contributed by atoms with Crippen LogP contribution in [-0.2, 0) is 38.0 Å². The fourth-order valence-corrected chi connectivity index (χ4v) is 5.21. The van der Waals surface area contributed by atoms with Gasteiger partial charge in [-0.1, -0.05) is 98.9 Å². The first-order chi connectivity index (χ1) is 10.9. The summed E-state index contributed by atoms with van der Waals surface area (Å²) >= 11 is 0. The molecule has 0 fully saturated rings. The Hall–Kier alpha value is -1.29. The van der Waals surface area contributed by atoms with Crippen molar-refractivity contribution in [3.63, 3.8) is 0 Å². The first-order valence-corrected chi connectivity index (χ1v) is 9.64. The number of hydrogen-bond acceptors (Lipinski definition) is 0. The molecule has 0 N–H and O–H groups in total. The van der Waals surface area contributed by atoms with Crippen LogP contribution in [-0.4, -0.2) is 0 Å². The van der Waals surface area contributed by atoms with E-state index >= 15 is 0 Å². The zero-order valence-corrected chi connectivity index (χ0v) is 15.6. The van der Waals surface area contributed by atoms with Gasteiger partial charge in [0.1, 0.15) is 0 Å². The van der Waals surface area contributed by atoms with Crippen LogP contribution in [0.1, 0.15) is 16.7 Å². The van der Waals surface area contributed by atoms with Crippen molar-refractivity contribution in [1.82, 2.24) is 0 Å². The monoisotopic (exact) mass is 407 g/mol. The summed E-state index contributed by atoms with van der Waals surface area (Å²) in [6.07, 6.45) is 3.58. The second-order valence-electron chi connectivity index (χ2n) is 5.60. The van der Waals surface area contributed by atoms with E-state index in [1.54, 1.807) is 0 Å². The van der Waals surface area contributed by atoms with Gasteiger partial charge in [-0.3, -0.25) is 0 Å². The number of hydrogen-bond donors (Lipinski definition) is 0. The maximum Gasteiger partial charge on any atom is 0 e. The molecular weight excluding hydrogens is 386 g/mol. The predicted molar refractivity (Wildman–Crippen MR) is 97.4 cm³/mol. The molecule has 0 amide bonds. The molecule has 23 heavy (non-hydrogen) atoms. The summed E-state index contributed by atoms with van der Waals surface area (Å²) in [5.41, 5.74) is 4.38. The summed E-state index contributed by atoms with van der Waals surface area (Å²) in [7, 11) is -0.0895. The van der Waals surface area contributed by atoms with Gasteiger partial charge in [0.2, 0.25) is 0 Å². The van der Waals surface area contributed by atoms with E-state index in [2.05, 4.69) is 91.0 Å². The average molecular weight is 407 g/mol. The maximum atomic E-state index is 2.26. The molecule has 1 radical (unpaired) electrons. The largest absolute Gasteiger partial charge is 0.0932 e. The van der Waals surface area contributed by atoms with Gasteiger partial charge in [0, 0.05) is 19.5 Å². The van der Waals surface area contributed by atoms with Crippen molar-refractivity contribution < 1.29 is 19.5 Å². The summed E-state index contributed by atoms with van der Waals surface area (Å²) in [4.78, 5) is 0. The van der Waals surface area contributed by atoms with Gasteiger partial charge >= 0.3 is 0 Å². The van der Waals surface area contributed by atoms with Gasteiger partial charge in [-0.25, -0.2) is 0 Å². The van der Waals surface area contributed by atoms with Crippen LogP contribution in [0.5, 0.6) is 0 Å². The van der Waals surface area contributed by atoms with Crippen LogP contribution in [0.3, 0.4) is 0 Å². The molecule has 0 bridgehead atoms. The predicted octanol–water partition coefficient (Wildman–Crippen LogP) is 6.07. The van der Waals surface area contributed by atoms with E-state index in [-0.39, 0.29) is 27.4 Å². The summed E-state index contributed by atoms with van der Waals surface area (Å²) in [6.45, 7) is 0. The van der Waals surface area contributed by atoms with E-state index in [9.17, 15) is 0 Å². The minimum Gasteiger partial charge on any atom is -0.0932 e. The molecule has 0 unspecified atom stereocenters. The van der Waals surface area contributed by atoms with Gasteiger partial charge in [0.15, 0.2) is 0 Å². The zero-order valence-electron chi connectivity index (χ0n) is 13.1. The van der Waals surface area contributed by atoms with E-state index in [0.29, 0.717) is 0 Å². The fourth-order valence-electron chi connectivity index (χ4n) is 2.69. The van der Waals surface area contributed by atoms with Crippen molar-refractivity contribution >= 4 is 7.92 Å². The van der Waals surface area contributed by atoms with Crippen molar-refractivity contribution in [2.24, 2.45) is 0 Å². The van der Waals surface area contributed by atoms with Gasteiger partial charge in [-0.05, 0) is 35.2 Å². The van der Waals surface area contributed by atoms with E-state index in [4.69, 9.17) is 0 Å². The maximum absolute atomic E-state index is 2.26. The Morgan fingerprint density at radius 1 is 0.435 bits per heavy atom. The van der Waals surface area contributed by atoms with E-state index in [0.717, 1.165) is 0 Å². The molecule has 0 saturated heterocycles. The molecule has 3 aromatic carbocycles. The van der Waals surface area contributed by atoms with Crippen molar-refractivity contribution in [3.05, 3.63) is 108 Å². The van der Waals surface area contributed by atoms with Crippen molar-refractivity contribution in [2.45, 2.75) is 18.5 Å². The van der Waals surface area contributed by atoms with Crippen LogP contribution in [0.2, 0.25) is 0 Å². The summed E-state index contributed by atoms with van der Waals surface area (Å²) < 4.78 is 0. The second-order valence-corrected chi connectivity index (χ2v) is 7.89. The number of benzene rings is 3. The van der Waals surface area contributed by atoms with Crippen LogP contribution >= 0.6 is 7.92 Å². The zero-order chi connectivity index (χ0) is 15.0. The van der Waals surface area contributed by atoms with Crippen LogP contribution in [0.15, 0.2) is 91.0 Å². The first kappa shape index (κ1) is 18.1. The average Bonchev–Trinajstić information content (AvgIpc) is 2.57. The Labute approximate surface area is 153 Å². The smallest absolute Gasteiger partial charge is 0 e. The molecule has 0 saturated carbocycles. The minimum atomic E-state index is -0.0895. The second kappa shape index (κ2) is 9.76. The van der Waals surface area contributed by atoms with Crippen molar-refractivity contribution in [2.75, 3.05) is 0 Å². The molecule has 0 nitrogen and oxygen atoms in total. The van der Waals surface area contributed by atoms with E-state index in [1.165, 1.54) is 35.2 Å². The van der Waals surface area contributed by atoms with Gasteiger partial charge in [-0.2, -0.15) is 0 Å². The fraction of sp³-hybridized carbons (Fsp3) is 0.143. The molecule has 119 valence electrons. The molecule has 0 heterocycles. The first-order valence-electron chi connectivity index (χ1n) is 7.74. The van der Waals surface area contributed by atoms with Crippen LogP contribution in [0, 0.1) is 0 Å². The third-order valence-electron chi connectivity index (χ3n) is 3.75. The summed E-state index contributed by atoms with van der Waals surface area (Å²) in [5, 5.41) is 0. The summed E-state index contributed by atoms with van der Waals surface area (Å²) in [6, 6.07) is 32.7. The molecule has 0 aliphatic heterocycles. The van der Waals surface area contributed by atoms with Crippen LogP contribution < -0.4 is 0 Å². The molecule has 0 aromatic heterocycles. The normalized spacial score (nSPS) is 10.3. The van der Waals surface area contributed by atoms with E-state index in [1.807, 2.05) is 0 Å². The topological polar surface area (TPSA) is 0 Å². The van der Waals surface area contributed by atoms with Crippen molar-refractivity contribution in [3.8, 4) is 0 Å². The molecule has 0 spiro atoms. The van der Waals surface area contributed by atoms with Gasteiger partial charge in [0.25, 0.3) is 0 Å². The molecule has 2 heteroatoms. The molecule has 0 aliphatic rings. The van der Waals surface area contributed by atoms with Crippen LogP contribution in [0.4, 0.5) is 0 Å². The van der Waals surface area contributed by atoms with Crippen LogP contribution in [0.25, 0.3) is 0 Å². The Balaban J connectivity index is 0.00000192. The van der Waals surface area contributed by atoms with Crippen molar-refractivity contribution in [1.29, 1.82) is 0 Å². The Bertz CT molecular complexity index is 569. The molecular formula is C21H21PRh. The van der Waals surface area contributed by atoms with Gasteiger partial charge in [0.05, 0.1) is 0 Å². The van der Waals surface area contributed by atoms with Gasteiger partial charge < -0.3 is 0 Å². The number of rotatable bonds is 6. The van der Waals surface area contributed by atoms with Gasteiger partial charge in [-0.15, -0.1) is 0 Å². The Morgan fingerprint density at radius 3 is 0.957 bits per heavy atom.